The van der Waals surface area contributed by atoms with Gasteiger partial charge in [0, 0.05) is 30.2 Å². The van der Waals surface area contributed by atoms with Crippen LogP contribution in [0.25, 0.3) is 21.8 Å². The monoisotopic (exact) mass is 403 g/mol. The second-order valence-corrected chi connectivity index (χ2v) is 7.60. The number of nitrogens with one attached hydrogen (secondary N) is 3. The molecule has 1 saturated heterocycles. The zero-order chi connectivity index (χ0) is 19.6. The number of hydrogen-bond donors (Lipinski definition) is 3. The molecule has 0 bridgehead atoms. The summed E-state index contributed by atoms with van der Waals surface area (Å²) in [6, 6.07) is 14.9. The van der Waals surface area contributed by atoms with E-state index >= 15 is 0 Å². The highest BCUT2D eigenvalue weighted by atomic mass is 32.1. The first-order chi connectivity index (χ1) is 14.3. The summed E-state index contributed by atoms with van der Waals surface area (Å²) in [5.41, 5.74) is 1.80. The summed E-state index contributed by atoms with van der Waals surface area (Å²) in [7, 11) is 0. The highest BCUT2D eigenvalue weighted by Gasteiger charge is 2.22. The van der Waals surface area contributed by atoms with Gasteiger partial charge in [-0.25, -0.2) is 9.97 Å². The molecule has 8 heteroatoms. The van der Waals surface area contributed by atoms with Gasteiger partial charge in [0.15, 0.2) is 10.8 Å². The summed E-state index contributed by atoms with van der Waals surface area (Å²) in [5, 5.41) is 18.0. The van der Waals surface area contributed by atoms with Gasteiger partial charge in [-0.15, -0.1) is 0 Å². The van der Waals surface area contributed by atoms with Crippen LogP contribution in [0.4, 0.5) is 11.5 Å². The van der Waals surface area contributed by atoms with Gasteiger partial charge >= 0.3 is 0 Å². The molecule has 5 rings (SSSR count). The Morgan fingerprint density at radius 3 is 2.76 bits per heavy atom. The lowest BCUT2D eigenvalue weighted by Crippen LogP contribution is -2.44. The fourth-order valence-electron chi connectivity index (χ4n) is 3.83. The highest BCUT2D eigenvalue weighted by molar-refractivity contribution is 7.80. The Labute approximate surface area is 173 Å². The predicted octanol–water partition coefficient (Wildman–Crippen LogP) is 3.78. The first-order valence-corrected chi connectivity index (χ1v) is 10.1. The zero-order valence-corrected chi connectivity index (χ0v) is 16.6. The molecule has 1 fully saturated rings. The number of rotatable bonds is 3. The third-order valence-electron chi connectivity index (χ3n) is 5.40. The van der Waals surface area contributed by atoms with Gasteiger partial charge in [-0.05, 0) is 36.5 Å². The van der Waals surface area contributed by atoms with Crippen LogP contribution in [0.2, 0.25) is 0 Å². The molecule has 2 aromatic heterocycles. The molecule has 146 valence electrons. The maximum Gasteiger partial charge on any atom is 0.173 e. The topological polar surface area (TPSA) is 81.8 Å². The summed E-state index contributed by atoms with van der Waals surface area (Å²) in [5.74, 6) is 0.832. The lowest BCUT2D eigenvalue weighted by Gasteiger charge is -2.34. The summed E-state index contributed by atoms with van der Waals surface area (Å²) in [6.07, 6.45) is 5.29. The van der Waals surface area contributed by atoms with E-state index in [1.165, 1.54) is 10.8 Å². The molecule has 3 heterocycles. The number of thiocarbonyl (C=S) groups is 1. The Hall–Kier alpha value is -3.26. The van der Waals surface area contributed by atoms with Crippen LogP contribution >= 0.6 is 12.2 Å². The molecule has 2 aromatic carbocycles. The molecular formula is C21H21N7S. The number of aromatic nitrogens is 4. The molecule has 0 atom stereocenters. The second-order valence-electron chi connectivity index (χ2n) is 7.22. The van der Waals surface area contributed by atoms with Gasteiger partial charge in [-0.3, -0.25) is 5.10 Å². The molecule has 3 N–H and O–H groups in total. The van der Waals surface area contributed by atoms with Crippen molar-refractivity contribution in [3.63, 3.8) is 0 Å². The first-order valence-electron chi connectivity index (χ1n) is 9.72. The summed E-state index contributed by atoms with van der Waals surface area (Å²) in [4.78, 5) is 10.8. The van der Waals surface area contributed by atoms with E-state index in [0.29, 0.717) is 6.04 Å². The number of benzene rings is 2. The molecule has 0 unspecified atom stereocenters. The smallest absolute Gasteiger partial charge is 0.173 e. The van der Waals surface area contributed by atoms with E-state index in [1.807, 2.05) is 0 Å². The van der Waals surface area contributed by atoms with Gasteiger partial charge in [-0.1, -0.05) is 36.4 Å². The van der Waals surface area contributed by atoms with E-state index in [2.05, 4.69) is 78.2 Å². The molecule has 1 aliphatic rings. The fraction of sp³-hybridized carbons (Fsp3) is 0.238. The number of likely N-dealkylation sites (tertiary alicyclic amines) is 1. The lowest BCUT2D eigenvalue weighted by molar-refractivity contribution is 0.327. The van der Waals surface area contributed by atoms with Gasteiger partial charge in [-0.2, -0.15) is 5.10 Å². The molecule has 0 saturated carbocycles. The third-order valence-corrected chi connectivity index (χ3v) is 5.76. The molecule has 0 radical (unpaired) electrons. The Bertz CT molecular complexity index is 1160. The van der Waals surface area contributed by atoms with E-state index < -0.39 is 0 Å². The van der Waals surface area contributed by atoms with Crippen LogP contribution in [0.15, 0.2) is 55.0 Å². The standard InChI is InChI=1S/C21H21N7S/c29-21(26-18-7-3-5-14-4-1-2-6-16(14)18)28-10-8-15(9-11-28)25-19-17-12-24-27-20(17)23-13-22-19/h1-7,12-13,15H,8-11H2,(H,26,29)(H2,22,23,24,25,27). The van der Waals surface area contributed by atoms with Crippen molar-refractivity contribution in [2.24, 2.45) is 0 Å². The Morgan fingerprint density at radius 2 is 1.86 bits per heavy atom. The minimum atomic E-state index is 0.347. The Morgan fingerprint density at radius 1 is 1.03 bits per heavy atom. The third kappa shape index (κ3) is 3.58. The number of hydrogen-bond acceptors (Lipinski definition) is 5. The van der Waals surface area contributed by atoms with Gasteiger partial charge in [0.25, 0.3) is 0 Å². The van der Waals surface area contributed by atoms with E-state index in [1.54, 1.807) is 12.5 Å². The number of aromatic amines is 1. The molecule has 0 spiro atoms. The highest BCUT2D eigenvalue weighted by Crippen LogP contribution is 2.25. The number of nitrogens with zero attached hydrogens (tertiary/aromatic N) is 4. The van der Waals surface area contributed by atoms with E-state index in [4.69, 9.17) is 12.2 Å². The van der Waals surface area contributed by atoms with Crippen molar-refractivity contribution in [2.45, 2.75) is 18.9 Å². The average molecular weight is 404 g/mol. The van der Waals surface area contributed by atoms with Crippen molar-refractivity contribution >= 4 is 50.6 Å². The van der Waals surface area contributed by atoms with Gasteiger partial charge in [0.2, 0.25) is 0 Å². The number of anilines is 2. The molecule has 0 aliphatic carbocycles. The van der Waals surface area contributed by atoms with Gasteiger partial charge < -0.3 is 15.5 Å². The van der Waals surface area contributed by atoms with E-state index in [9.17, 15) is 0 Å². The van der Waals surface area contributed by atoms with Crippen LogP contribution in [0.1, 0.15) is 12.8 Å². The first kappa shape index (κ1) is 17.8. The van der Waals surface area contributed by atoms with Crippen LogP contribution < -0.4 is 10.6 Å². The number of fused-ring (bicyclic) bond motifs is 2. The molecule has 7 nitrogen and oxygen atoms in total. The molecule has 0 amide bonds. The molecule has 4 aromatic rings. The second kappa shape index (κ2) is 7.63. The van der Waals surface area contributed by atoms with Crippen molar-refractivity contribution in [2.75, 3.05) is 23.7 Å². The van der Waals surface area contributed by atoms with Crippen molar-refractivity contribution < 1.29 is 0 Å². The van der Waals surface area contributed by atoms with Crippen molar-refractivity contribution in [1.82, 2.24) is 25.1 Å². The van der Waals surface area contributed by atoms with Crippen molar-refractivity contribution in [3.8, 4) is 0 Å². The fourth-order valence-corrected chi connectivity index (χ4v) is 4.12. The lowest BCUT2D eigenvalue weighted by atomic mass is 10.1. The predicted molar refractivity (Wildman–Crippen MR) is 120 cm³/mol. The van der Waals surface area contributed by atoms with E-state index in [-0.39, 0.29) is 0 Å². The minimum Gasteiger partial charge on any atom is -0.366 e. The van der Waals surface area contributed by atoms with Crippen LogP contribution in [0, 0.1) is 0 Å². The number of H-pyrrole nitrogens is 1. The Balaban J connectivity index is 1.22. The number of piperidine rings is 1. The SMILES string of the molecule is S=C(Nc1cccc2ccccc12)N1CCC(Nc2ncnc3[nH]ncc23)CC1. The zero-order valence-electron chi connectivity index (χ0n) is 15.8. The molecular weight excluding hydrogens is 382 g/mol. The van der Waals surface area contributed by atoms with Crippen molar-refractivity contribution in [1.29, 1.82) is 0 Å². The quantitative estimate of drug-likeness (QED) is 0.449. The summed E-state index contributed by atoms with van der Waals surface area (Å²) in [6.45, 7) is 1.79. The van der Waals surface area contributed by atoms with Crippen molar-refractivity contribution in [3.05, 3.63) is 55.0 Å². The van der Waals surface area contributed by atoms with Gasteiger partial charge in [0.05, 0.1) is 11.6 Å². The van der Waals surface area contributed by atoms with Gasteiger partial charge in [0.1, 0.15) is 12.1 Å². The van der Waals surface area contributed by atoms with Crippen LogP contribution in [0.5, 0.6) is 0 Å². The van der Waals surface area contributed by atoms with E-state index in [0.717, 1.165) is 53.6 Å². The summed E-state index contributed by atoms with van der Waals surface area (Å²) >= 11 is 5.70. The largest absolute Gasteiger partial charge is 0.366 e. The molecule has 29 heavy (non-hydrogen) atoms. The molecule has 1 aliphatic heterocycles. The maximum atomic E-state index is 5.70. The van der Waals surface area contributed by atoms with Crippen LogP contribution in [-0.4, -0.2) is 49.3 Å². The van der Waals surface area contributed by atoms with Crippen LogP contribution in [0.3, 0.4) is 0 Å². The average Bonchev–Trinajstić information content (AvgIpc) is 3.24. The van der Waals surface area contributed by atoms with Crippen LogP contribution in [-0.2, 0) is 0 Å². The maximum absolute atomic E-state index is 5.70. The summed E-state index contributed by atoms with van der Waals surface area (Å²) < 4.78 is 0. The minimum absolute atomic E-state index is 0.347. The Kier molecular flexibility index (Phi) is 4.69. The normalized spacial score (nSPS) is 15.0.